The van der Waals surface area contributed by atoms with Gasteiger partial charge in [-0.3, -0.25) is 0 Å². The molecule has 0 amide bonds. The van der Waals surface area contributed by atoms with Gasteiger partial charge < -0.3 is 5.73 Å². The van der Waals surface area contributed by atoms with Crippen LogP contribution in [-0.2, 0) is 5.75 Å². The molecule has 2 nitrogen and oxygen atoms in total. The number of rotatable bonds is 4. The Morgan fingerprint density at radius 2 is 1.76 bits per heavy atom. The lowest BCUT2D eigenvalue weighted by molar-refractivity contribution is 0.627. The second-order valence-electron chi connectivity index (χ2n) is 4.47. The first-order chi connectivity index (χ1) is 10.2. The number of anilines is 1. The van der Waals surface area contributed by atoms with E-state index in [0.717, 1.165) is 31.9 Å². The number of hydrogen-bond acceptors (Lipinski definition) is 4. The van der Waals surface area contributed by atoms with Gasteiger partial charge in [-0.1, -0.05) is 65.6 Å². The molecule has 0 spiro atoms. The van der Waals surface area contributed by atoms with Gasteiger partial charge >= 0.3 is 0 Å². The third-order valence-corrected chi connectivity index (χ3v) is 5.06. The highest BCUT2D eigenvalue weighted by Gasteiger charge is 2.10. The van der Waals surface area contributed by atoms with Gasteiger partial charge in [-0.25, -0.2) is 9.37 Å². The molecule has 5 heteroatoms. The summed E-state index contributed by atoms with van der Waals surface area (Å²) in [5.74, 6) is 0.537. The molecule has 106 valence electrons. The summed E-state index contributed by atoms with van der Waals surface area (Å²) in [6.07, 6.45) is 0. The smallest absolute Gasteiger partial charge is 0.152 e. The molecule has 3 rings (SSSR count). The largest absolute Gasteiger partial charge is 0.389 e. The molecule has 0 fully saturated rings. The molecular formula is C16H13FN2S2. The number of thioether (sulfide) groups is 1. The van der Waals surface area contributed by atoms with Crippen LogP contribution in [0.2, 0.25) is 0 Å². The number of thiazole rings is 1. The number of nitrogen functional groups attached to an aromatic ring is 1. The molecule has 0 aliphatic heterocycles. The first-order valence-electron chi connectivity index (χ1n) is 6.41. The van der Waals surface area contributed by atoms with Gasteiger partial charge in [0.05, 0.1) is 0 Å². The summed E-state index contributed by atoms with van der Waals surface area (Å²) in [4.78, 5) is 4.60. The standard InChI is InChI=1S/C16H13FN2S2/c17-13-8-6-11(7-9-13)10-20-16-19-14(15(18)21-16)12-4-2-1-3-5-12/h1-9H,10,18H2. The summed E-state index contributed by atoms with van der Waals surface area (Å²) in [7, 11) is 0. The van der Waals surface area contributed by atoms with E-state index in [1.54, 1.807) is 23.9 Å². The van der Waals surface area contributed by atoms with Crippen LogP contribution in [-0.4, -0.2) is 4.98 Å². The molecule has 1 aromatic heterocycles. The second kappa shape index (κ2) is 6.28. The minimum Gasteiger partial charge on any atom is -0.389 e. The molecule has 0 radical (unpaired) electrons. The second-order valence-corrected chi connectivity index (χ2v) is 6.73. The molecule has 2 aromatic carbocycles. The summed E-state index contributed by atoms with van der Waals surface area (Å²) >= 11 is 3.10. The van der Waals surface area contributed by atoms with Gasteiger partial charge in [0.25, 0.3) is 0 Å². The SMILES string of the molecule is Nc1sc(SCc2ccc(F)cc2)nc1-c1ccccc1. The van der Waals surface area contributed by atoms with Crippen molar-refractivity contribution in [1.82, 2.24) is 4.98 Å². The van der Waals surface area contributed by atoms with Crippen molar-refractivity contribution in [1.29, 1.82) is 0 Å². The third-order valence-electron chi connectivity index (χ3n) is 2.96. The highest BCUT2D eigenvalue weighted by Crippen LogP contribution is 2.36. The van der Waals surface area contributed by atoms with E-state index in [9.17, 15) is 4.39 Å². The number of halogens is 1. The summed E-state index contributed by atoms with van der Waals surface area (Å²) < 4.78 is 13.8. The number of hydrogen-bond donors (Lipinski definition) is 1. The Labute approximate surface area is 130 Å². The fraction of sp³-hybridized carbons (Fsp3) is 0.0625. The van der Waals surface area contributed by atoms with Gasteiger partial charge in [-0.15, -0.1) is 0 Å². The number of nitrogens with two attached hydrogens (primary N) is 1. The number of aromatic nitrogens is 1. The van der Waals surface area contributed by atoms with Gasteiger partial charge in [0.15, 0.2) is 4.34 Å². The maximum absolute atomic E-state index is 12.9. The predicted molar refractivity (Wildman–Crippen MR) is 87.9 cm³/mol. The van der Waals surface area contributed by atoms with Crippen molar-refractivity contribution in [2.45, 2.75) is 10.1 Å². The number of benzene rings is 2. The monoisotopic (exact) mass is 316 g/mol. The Morgan fingerprint density at radius 1 is 1.05 bits per heavy atom. The lowest BCUT2D eigenvalue weighted by Gasteiger charge is -1.98. The van der Waals surface area contributed by atoms with Crippen molar-refractivity contribution in [2.24, 2.45) is 0 Å². The first-order valence-corrected chi connectivity index (χ1v) is 8.21. The van der Waals surface area contributed by atoms with E-state index in [1.165, 1.54) is 23.5 Å². The summed E-state index contributed by atoms with van der Waals surface area (Å²) in [5.41, 5.74) is 8.98. The van der Waals surface area contributed by atoms with Gasteiger partial charge in [-0.2, -0.15) is 0 Å². The quantitative estimate of drug-likeness (QED) is 0.701. The lowest BCUT2D eigenvalue weighted by Crippen LogP contribution is -1.85. The van der Waals surface area contributed by atoms with Gasteiger partial charge in [0, 0.05) is 11.3 Å². The molecule has 3 aromatic rings. The molecule has 21 heavy (non-hydrogen) atoms. The Morgan fingerprint density at radius 3 is 2.48 bits per heavy atom. The van der Waals surface area contributed by atoms with E-state index in [0.29, 0.717) is 0 Å². The molecule has 1 heterocycles. The first kappa shape index (κ1) is 14.1. The fourth-order valence-corrected chi connectivity index (χ4v) is 3.81. The molecule has 2 N–H and O–H groups in total. The van der Waals surface area contributed by atoms with Crippen LogP contribution in [0.1, 0.15) is 5.56 Å². The van der Waals surface area contributed by atoms with Crippen LogP contribution < -0.4 is 5.73 Å². The van der Waals surface area contributed by atoms with Crippen molar-refractivity contribution >= 4 is 28.1 Å². The van der Waals surface area contributed by atoms with Crippen LogP contribution in [0.4, 0.5) is 9.39 Å². The molecule has 0 aliphatic carbocycles. The average Bonchev–Trinajstić information content (AvgIpc) is 2.89. The zero-order valence-corrected chi connectivity index (χ0v) is 12.8. The molecular weight excluding hydrogens is 303 g/mol. The number of nitrogens with zero attached hydrogens (tertiary/aromatic N) is 1. The zero-order valence-electron chi connectivity index (χ0n) is 11.1. The summed E-state index contributed by atoms with van der Waals surface area (Å²) in [6.45, 7) is 0. The maximum Gasteiger partial charge on any atom is 0.152 e. The fourth-order valence-electron chi connectivity index (χ4n) is 1.90. The third kappa shape index (κ3) is 3.43. The van der Waals surface area contributed by atoms with E-state index in [2.05, 4.69) is 4.98 Å². The molecule has 0 aliphatic rings. The average molecular weight is 316 g/mol. The van der Waals surface area contributed by atoms with Crippen molar-refractivity contribution in [3.05, 3.63) is 66.0 Å². The van der Waals surface area contributed by atoms with Crippen molar-refractivity contribution in [2.75, 3.05) is 5.73 Å². The van der Waals surface area contributed by atoms with Crippen LogP contribution in [0.15, 0.2) is 58.9 Å². The molecule has 0 bridgehead atoms. The van der Waals surface area contributed by atoms with Crippen molar-refractivity contribution < 1.29 is 4.39 Å². The van der Waals surface area contributed by atoms with E-state index in [4.69, 9.17) is 5.73 Å². The van der Waals surface area contributed by atoms with E-state index in [-0.39, 0.29) is 5.82 Å². The van der Waals surface area contributed by atoms with Crippen molar-refractivity contribution in [3.63, 3.8) is 0 Å². The van der Waals surface area contributed by atoms with Crippen LogP contribution in [0.25, 0.3) is 11.3 Å². The maximum atomic E-state index is 12.9. The Kier molecular flexibility index (Phi) is 4.22. The van der Waals surface area contributed by atoms with Gasteiger partial charge in [-0.05, 0) is 17.7 Å². The Bertz CT molecular complexity index is 724. The minimum absolute atomic E-state index is 0.214. The highest BCUT2D eigenvalue weighted by atomic mass is 32.2. The molecule has 0 unspecified atom stereocenters. The van der Waals surface area contributed by atoms with Crippen LogP contribution in [0.5, 0.6) is 0 Å². The van der Waals surface area contributed by atoms with Crippen molar-refractivity contribution in [3.8, 4) is 11.3 Å². The highest BCUT2D eigenvalue weighted by molar-refractivity contribution is 8.00. The minimum atomic E-state index is -0.214. The normalized spacial score (nSPS) is 10.7. The van der Waals surface area contributed by atoms with E-state index >= 15 is 0 Å². The molecule has 0 atom stereocenters. The van der Waals surface area contributed by atoms with Crippen LogP contribution in [0.3, 0.4) is 0 Å². The molecule has 0 saturated carbocycles. The molecule has 0 saturated heterocycles. The van der Waals surface area contributed by atoms with E-state index in [1.807, 2.05) is 30.3 Å². The van der Waals surface area contributed by atoms with Gasteiger partial charge in [0.1, 0.15) is 16.5 Å². The topological polar surface area (TPSA) is 38.9 Å². The van der Waals surface area contributed by atoms with Crippen LogP contribution in [0, 0.1) is 5.82 Å². The zero-order chi connectivity index (χ0) is 14.7. The summed E-state index contributed by atoms with van der Waals surface area (Å²) in [6, 6.07) is 16.4. The lowest BCUT2D eigenvalue weighted by atomic mass is 10.2. The summed E-state index contributed by atoms with van der Waals surface area (Å²) in [5, 5.41) is 0.725. The van der Waals surface area contributed by atoms with Gasteiger partial charge in [0.2, 0.25) is 0 Å². The van der Waals surface area contributed by atoms with E-state index < -0.39 is 0 Å². The Hall–Kier alpha value is -1.85. The van der Waals surface area contributed by atoms with Crippen LogP contribution >= 0.6 is 23.1 Å². The predicted octanol–water partition coefficient (Wildman–Crippen LogP) is 4.82. The Balaban J connectivity index is 1.74.